The van der Waals surface area contributed by atoms with Gasteiger partial charge >= 0.3 is 0 Å². The van der Waals surface area contributed by atoms with Gasteiger partial charge in [-0.2, -0.15) is 5.26 Å². The van der Waals surface area contributed by atoms with Gasteiger partial charge in [0.05, 0.1) is 29.3 Å². The number of fused-ring (bicyclic) bond motifs is 3. The van der Waals surface area contributed by atoms with Crippen molar-refractivity contribution >= 4 is 40.2 Å². The summed E-state index contributed by atoms with van der Waals surface area (Å²) in [5.74, 6) is 0.796. The fourth-order valence-electron chi connectivity index (χ4n) is 2.91. The first-order chi connectivity index (χ1) is 13.3. The van der Waals surface area contributed by atoms with Crippen LogP contribution in [0.1, 0.15) is 6.42 Å². The summed E-state index contributed by atoms with van der Waals surface area (Å²) in [7, 11) is 0. The van der Waals surface area contributed by atoms with Gasteiger partial charge in [0.2, 0.25) is 11.7 Å². The summed E-state index contributed by atoms with van der Waals surface area (Å²) in [6.45, 7) is 0.365. The third-order valence-electron chi connectivity index (χ3n) is 4.14. The molecule has 27 heavy (non-hydrogen) atoms. The number of nitrogens with zero attached hydrogens (tertiary/aromatic N) is 5. The van der Waals surface area contributed by atoms with Crippen molar-refractivity contribution in [1.82, 2.24) is 19.6 Å². The maximum absolute atomic E-state index is 12.8. The number of hydrogen-bond donors (Lipinski definition) is 1. The summed E-state index contributed by atoms with van der Waals surface area (Å²) in [4.78, 5) is 18.9. The van der Waals surface area contributed by atoms with Crippen LogP contribution in [0, 0.1) is 11.3 Å². The molecule has 8 heteroatoms. The molecule has 0 unspecified atom stereocenters. The van der Waals surface area contributed by atoms with Crippen molar-refractivity contribution in [3.8, 4) is 6.07 Å². The number of aromatic amines is 1. The fraction of sp³-hybridized carbons (Fsp3) is 0.158. The smallest absolute Gasteiger partial charge is 0.237 e. The molecule has 2 aromatic heterocycles. The van der Waals surface area contributed by atoms with E-state index in [9.17, 15) is 4.79 Å². The van der Waals surface area contributed by atoms with E-state index in [-0.39, 0.29) is 18.1 Å². The number of nitriles is 1. The Morgan fingerprint density at radius 1 is 1.19 bits per heavy atom. The Balaban J connectivity index is 1.56. The second-order valence-electron chi connectivity index (χ2n) is 5.84. The number of nitrogens with one attached hydrogen (secondary N) is 1. The number of hydrogen-bond acceptors (Lipinski definition) is 5. The van der Waals surface area contributed by atoms with Crippen LogP contribution >= 0.6 is 11.8 Å². The van der Waals surface area contributed by atoms with Crippen molar-refractivity contribution in [2.45, 2.75) is 11.6 Å². The molecule has 0 aliphatic carbocycles. The van der Waals surface area contributed by atoms with Gasteiger partial charge in [-0.15, -0.1) is 5.10 Å². The van der Waals surface area contributed by atoms with Gasteiger partial charge in [0.25, 0.3) is 0 Å². The zero-order valence-corrected chi connectivity index (χ0v) is 15.2. The number of carbonyl (C=O) groups is 1. The van der Waals surface area contributed by atoms with Gasteiger partial charge in [0.15, 0.2) is 5.16 Å². The highest BCUT2D eigenvalue weighted by molar-refractivity contribution is 7.99. The Kier molecular flexibility index (Phi) is 4.77. The molecule has 0 fully saturated rings. The van der Waals surface area contributed by atoms with E-state index in [1.54, 1.807) is 4.90 Å². The first-order valence-electron chi connectivity index (χ1n) is 8.44. The number of para-hydroxylation sites is 3. The van der Waals surface area contributed by atoms with E-state index in [0.717, 1.165) is 16.7 Å². The lowest BCUT2D eigenvalue weighted by atomic mass is 10.2. The molecule has 7 nitrogen and oxygen atoms in total. The topological polar surface area (TPSA) is 90.1 Å². The van der Waals surface area contributed by atoms with Gasteiger partial charge in [0.1, 0.15) is 0 Å². The summed E-state index contributed by atoms with van der Waals surface area (Å²) < 4.78 is 1.91. The number of aromatic nitrogens is 4. The van der Waals surface area contributed by atoms with Gasteiger partial charge < -0.3 is 4.90 Å². The molecule has 2 aromatic carbocycles. The van der Waals surface area contributed by atoms with Crippen molar-refractivity contribution in [3.63, 3.8) is 0 Å². The summed E-state index contributed by atoms with van der Waals surface area (Å²) in [5, 5.41) is 16.8. The first-order valence-corrected chi connectivity index (χ1v) is 9.43. The maximum atomic E-state index is 12.8. The van der Waals surface area contributed by atoms with Gasteiger partial charge in [-0.05, 0) is 24.3 Å². The van der Waals surface area contributed by atoms with E-state index < -0.39 is 0 Å². The van der Waals surface area contributed by atoms with Crippen LogP contribution in [0.3, 0.4) is 0 Å². The van der Waals surface area contributed by atoms with Crippen LogP contribution in [0.25, 0.3) is 16.8 Å². The lowest BCUT2D eigenvalue weighted by molar-refractivity contribution is -0.116. The third kappa shape index (κ3) is 3.37. The molecule has 134 valence electrons. The standard InChI is InChI=1S/C19H16N6OS/c20-11-6-12-24(14-7-2-1-3-8-14)17(26)13-27-19-23-22-18-21-15-9-4-5-10-16(15)25(18)19/h1-5,7-10H,6,12-13H2,(H,21,22). The van der Waals surface area contributed by atoms with Crippen LogP contribution in [0.2, 0.25) is 0 Å². The lowest BCUT2D eigenvalue weighted by Gasteiger charge is -2.21. The monoisotopic (exact) mass is 376 g/mol. The fourth-order valence-corrected chi connectivity index (χ4v) is 3.74. The van der Waals surface area contributed by atoms with Crippen LogP contribution in [0.5, 0.6) is 0 Å². The Hall–Kier alpha value is -3.31. The van der Waals surface area contributed by atoms with Crippen molar-refractivity contribution in [1.29, 1.82) is 5.26 Å². The Morgan fingerprint density at radius 3 is 2.78 bits per heavy atom. The average Bonchev–Trinajstić information content (AvgIpc) is 3.27. The molecule has 4 aromatic rings. The number of thioether (sulfide) groups is 1. The number of amides is 1. The van der Waals surface area contributed by atoms with Crippen LogP contribution < -0.4 is 4.90 Å². The molecule has 0 spiro atoms. The predicted molar refractivity (Wildman–Crippen MR) is 105 cm³/mol. The van der Waals surface area contributed by atoms with E-state index in [1.807, 2.05) is 59.0 Å². The molecule has 0 aliphatic rings. The highest BCUT2D eigenvalue weighted by Gasteiger charge is 2.18. The minimum absolute atomic E-state index is 0.0676. The minimum Gasteiger partial charge on any atom is -0.311 e. The summed E-state index contributed by atoms with van der Waals surface area (Å²) in [5.41, 5.74) is 2.61. The van der Waals surface area contributed by atoms with Crippen LogP contribution in [-0.4, -0.2) is 37.8 Å². The maximum Gasteiger partial charge on any atom is 0.237 e. The van der Waals surface area contributed by atoms with E-state index in [1.165, 1.54) is 11.8 Å². The summed E-state index contributed by atoms with van der Waals surface area (Å²) >= 11 is 1.35. The van der Waals surface area contributed by atoms with Crippen LogP contribution in [-0.2, 0) is 4.79 Å². The number of benzene rings is 2. The molecule has 0 bridgehead atoms. The zero-order valence-electron chi connectivity index (χ0n) is 14.4. The number of anilines is 1. The SMILES string of the molecule is N#CCCN(C(=O)CSc1n[nH]c2nc3ccccc3n12)c1ccccc1. The molecule has 1 amide bonds. The second-order valence-corrected chi connectivity index (χ2v) is 6.79. The Morgan fingerprint density at radius 2 is 1.96 bits per heavy atom. The first kappa shape index (κ1) is 17.1. The molecule has 4 rings (SSSR count). The van der Waals surface area contributed by atoms with Gasteiger partial charge in [0, 0.05) is 12.2 Å². The summed E-state index contributed by atoms with van der Waals surface area (Å²) in [6.07, 6.45) is 0.282. The van der Waals surface area contributed by atoms with Crippen LogP contribution in [0.4, 0.5) is 5.69 Å². The van der Waals surface area contributed by atoms with Crippen molar-refractivity contribution in [2.75, 3.05) is 17.2 Å². The minimum atomic E-state index is -0.0676. The van der Waals surface area contributed by atoms with Gasteiger partial charge in [-0.3, -0.25) is 9.20 Å². The average molecular weight is 376 g/mol. The van der Waals surface area contributed by atoms with Gasteiger partial charge in [-0.25, -0.2) is 10.1 Å². The molecule has 0 saturated carbocycles. The van der Waals surface area contributed by atoms with Crippen molar-refractivity contribution in [3.05, 3.63) is 54.6 Å². The largest absolute Gasteiger partial charge is 0.311 e. The van der Waals surface area contributed by atoms with E-state index in [2.05, 4.69) is 21.3 Å². The Labute approximate surface area is 159 Å². The number of rotatable bonds is 6. The quantitative estimate of drug-likeness (QED) is 0.522. The molecule has 0 aliphatic heterocycles. The molecule has 2 heterocycles. The molecular weight excluding hydrogens is 360 g/mol. The van der Waals surface area contributed by atoms with E-state index >= 15 is 0 Å². The number of carbonyl (C=O) groups excluding carboxylic acids is 1. The zero-order chi connectivity index (χ0) is 18.6. The van der Waals surface area contributed by atoms with Crippen molar-refractivity contribution in [2.24, 2.45) is 0 Å². The molecule has 1 N–H and O–H groups in total. The second kappa shape index (κ2) is 7.51. The molecule has 0 radical (unpaired) electrons. The molecular formula is C19H16N6OS. The number of H-pyrrole nitrogens is 1. The third-order valence-corrected chi connectivity index (χ3v) is 5.07. The van der Waals surface area contributed by atoms with E-state index in [4.69, 9.17) is 5.26 Å². The van der Waals surface area contributed by atoms with Gasteiger partial charge in [-0.1, -0.05) is 42.1 Å². The van der Waals surface area contributed by atoms with E-state index in [0.29, 0.717) is 17.5 Å². The highest BCUT2D eigenvalue weighted by Crippen LogP contribution is 2.24. The van der Waals surface area contributed by atoms with Crippen molar-refractivity contribution < 1.29 is 4.79 Å². The molecule has 0 saturated heterocycles. The normalized spacial score (nSPS) is 10.9. The number of imidazole rings is 1. The van der Waals surface area contributed by atoms with Crippen LogP contribution in [0.15, 0.2) is 59.8 Å². The molecule has 0 atom stereocenters. The summed E-state index contributed by atoms with van der Waals surface area (Å²) in [6, 6.07) is 19.3. The Bertz CT molecular complexity index is 1130. The lowest BCUT2D eigenvalue weighted by Crippen LogP contribution is -2.33. The predicted octanol–water partition coefficient (Wildman–Crippen LogP) is 3.25. The highest BCUT2D eigenvalue weighted by atomic mass is 32.2.